The first-order valence-corrected chi connectivity index (χ1v) is 4.19. The second-order valence-corrected chi connectivity index (χ2v) is 3.25. The van der Waals surface area contributed by atoms with Gasteiger partial charge in [-0.25, -0.2) is 4.98 Å². The number of nitrogens with one attached hydrogen (secondary N) is 2. The Balaban J connectivity index is 2.28. The molecule has 1 unspecified atom stereocenters. The van der Waals surface area contributed by atoms with Gasteiger partial charge in [0.1, 0.15) is 6.04 Å². The Hall–Kier alpha value is -1.36. The summed E-state index contributed by atoms with van der Waals surface area (Å²) in [5.74, 6) is -0.813. The molecular formula is C8H11N3O2. The van der Waals surface area contributed by atoms with Gasteiger partial charge in [-0.05, 0) is 6.92 Å². The minimum absolute atomic E-state index is 0.0103. The Labute approximate surface area is 75.2 Å². The van der Waals surface area contributed by atoms with Crippen molar-refractivity contribution in [1.82, 2.24) is 15.3 Å². The highest BCUT2D eigenvalue weighted by Gasteiger charge is 2.29. The van der Waals surface area contributed by atoms with Gasteiger partial charge in [0, 0.05) is 18.2 Å². The highest BCUT2D eigenvalue weighted by atomic mass is 16.4. The Morgan fingerprint density at radius 2 is 2.54 bits per heavy atom. The van der Waals surface area contributed by atoms with E-state index in [2.05, 4.69) is 15.3 Å². The average molecular weight is 181 g/mol. The van der Waals surface area contributed by atoms with Gasteiger partial charge >= 0.3 is 5.97 Å². The van der Waals surface area contributed by atoms with Gasteiger partial charge in [-0.2, -0.15) is 0 Å². The van der Waals surface area contributed by atoms with Crippen LogP contribution in [0.1, 0.15) is 24.4 Å². The SMILES string of the molecule is CC1N[C@@H](C(=O)O)Cc2[nH]cnc21. The monoisotopic (exact) mass is 181 g/mol. The molecule has 1 aliphatic heterocycles. The minimum atomic E-state index is -0.813. The van der Waals surface area contributed by atoms with Crippen LogP contribution < -0.4 is 5.32 Å². The fourth-order valence-electron chi connectivity index (χ4n) is 1.67. The first kappa shape index (κ1) is 8.25. The maximum atomic E-state index is 10.7. The van der Waals surface area contributed by atoms with E-state index in [9.17, 15) is 4.79 Å². The van der Waals surface area contributed by atoms with Gasteiger partial charge in [0.05, 0.1) is 12.0 Å². The summed E-state index contributed by atoms with van der Waals surface area (Å²) in [5, 5.41) is 11.8. The Morgan fingerprint density at radius 3 is 3.23 bits per heavy atom. The van der Waals surface area contributed by atoms with E-state index in [1.54, 1.807) is 6.33 Å². The van der Waals surface area contributed by atoms with Crippen molar-refractivity contribution < 1.29 is 9.90 Å². The number of aromatic amines is 1. The van der Waals surface area contributed by atoms with Crippen LogP contribution in [-0.4, -0.2) is 27.1 Å². The number of aliphatic carboxylic acids is 1. The Morgan fingerprint density at radius 1 is 1.77 bits per heavy atom. The van der Waals surface area contributed by atoms with Crippen LogP contribution >= 0.6 is 0 Å². The molecule has 0 fully saturated rings. The molecule has 0 amide bonds. The van der Waals surface area contributed by atoms with Gasteiger partial charge in [0.2, 0.25) is 0 Å². The summed E-state index contributed by atoms with van der Waals surface area (Å²) in [7, 11) is 0. The quantitative estimate of drug-likeness (QED) is 0.573. The smallest absolute Gasteiger partial charge is 0.321 e. The number of hydrogen-bond donors (Lipinski definition) is 3. The van der Waals surface area contributed by atoms with Crippen LogP contribution in [0.25, 0.3) is 0 Å². The van der Waals surface area contributed by atoms with E-state index in [0.29, 0.717) is 6.42 Å². The molecule has 5 nitrogen and oxygen atoms in total. The van der Waals surface area contributed by atoms with Crippen LogP contribution in [0.4, 0.5) is 0 Å². The number of carboxylic acid groups (broad SMARTS) is 1. The van der Waals surface area contributed by atoms with E-state index < -0.39 is 12.0 Å². The van der Waals surface area contributed by atoms with Crippen LogP contribution in [0, 0.1) is 0 Å². The van der Waals surface area contributed by atoms with Gasteiger partial charge in [0.15, 0.2) is 0 Å². The highest BCUT2D eigenvalue weighted by Crippen LogP contribution is 2.21. The summed E-state index contributed by atoms with van der Waals surface area (Å²) in [6.07, 6.45) is 2.09. The van der Waals surface area contributed by atoms with E-state index in [-0.39, 0.29) is 6.04 Å². The van der Waals surface area contributed by atoms with Gasteiger partial charge in [-0.1, -0.05) is 0 Å². The molecule has 3 N–H and O–H groups in total. The maximum Gasteiger partial charge on any atom is 0.321 e. The van der Waals surface area contributed by atoms with Crippen LogP contribution in [0.15, 0.2) is 6.33 Å². The van der Waals surface area contributed by atoms with Crippen LogP contribution in [0.2, 0.25) is 0 Å². The number of imidazole rings is 1. The third kappa shape index (κ3) is 1.31. The lowest BCUT2D eigenvalue weighted by atomic mass is 10.0. The fourth-order valence-corrected chi connectivity index (χ4v) is 1.67. The van der Waals surface area contributed by atoms with Crippen molar-refractivity contribution in [1.29, 1.82) is 0 Å². The first-order chi connectivity index (χ1) is 6.18. The maximum absolute atomic E-state index is 10.7. The molecule has 0 saturated heterocycles. The molecular weight excluding hydrogens is 170 g/mol. The molecule has 0 bridgehead atoms. The molecule has 13 heavy (non-hydrogen) atoms. The number of nitrogens with zero attached hydrogens (tertiary/aromatic N) is 1. The average Bonchev–Trinajstić information content (AvgIpc) is 2.51. The van der Waals surface area contributed by atoms with Crippen molar-refractivity contribution in [2.75, 3.05) is 0 Å². The predicted octanol–water partition coefficient (Wildman–Crippen LogP) is 0.0696. The first-order valence-electron chi connectivity index (χ1n) is 4.19. The van der Waals surface area contributed by atoms with Crippen LogP contribution in [0.5, 0.6) is 0 Å². The molecule has 0 radical (unpaired) electrons. The fraction of sp³-hybridized carbons (Fsp3) is 0.500. The number of carboxylic acids is 1. The Kier molecular flexibility index (Phi) is 1.81. The molecule has 2 atom stereocenters. The molecule has 5 heteroatoms. The summed E-state index contributed by atoms with van der Waals surface area (Å²) < 4.78 is 0. The number of H-pyrrole nitrogens is 1. The van der Waals surface area contributed by atoms with Crippen molar-refractivity contribution in [2.45, 2.75) is 25.4 Å². The topological polar surface area (TPSA) is 78.0 Å². The lowest BCUT2D eigenvalue weighted by molar-refractivity contribution is -0.139. The number of carbonyl (C=O) groups is 1. The second-order valence-electron chi connectivity index (χ2n) is 3.25. The normalized spacial score (nSPS) is 26.8. The lowest BCUT2D eigenvalue weighted by Crippen LogP contribution is -2.43. The van der Waals surface area contributed by atoms with Gasteiger partial charge in [-0.3, -0.25) is 10.1 Å². The van der Waals surface area contributed by atoms with Crippen molar-refractivity contribution in [3.63, 3.8) is 0 Å². The number of rotatable bonds is 1. The molecule has 0 spiro atoms. The molecule has 2 rings (SSSR count). The summed E-state index contributed by atoms with van der Waals surface area (Å²) in [6.45, 7) is 1.91. The molecule has 1 aliphatic rings. The van der Waals surface area contributed by atoms with Crippen molar-refractivity contribution in [3.05, 3.63) is 17.7 Å². The van der Waals surface area contributed by atoms with E-state index in [1.807, 2.05) is 6.92 Å². The van der Waals surface area contributed by atoms with Gasteiger partial charge in [-0.15, -0.1) is 0 Å². The highest BCUT2D eigenvalue weighted by molar-refractivity contribution is 5.74. The lowest BCUT2D eigenvalue weighted by Gasteiger charge is -2.24. The standard InChI is InChI=1S/C8H11N3O2/c1-4-7-5(9-3-10-7)2-6(11-4)8(12)13/h3-4,6,11H,2H2,1H3,(H,9,10)(H,12,13)/t4?,6-/m1/s1. The van der Waals surface area contributed by atoms with E-state index in [4.69, 9.17) is 5.11 Å². The molecule has 0 aromatic carbocycles. The number of fused-ring (bicyclic) bond motifs is 1. The number of aromatic nitrogens is 2. The second kappa shape index (κ2) is 2.85. The zero-order valence-electron chi connectivity index (χ0n) is 7.24. The molecule has 1 aromatic heterocycles. The largest absolute Gasteiger partial charge is 0.480 e. The van der Waals surface area contributed by atoms with E-state index >= 15 is 0 Å². The van der Waals surface area contributed by atoms with E-state index in [1.165, 1.54) is 0 Å². The molecule has 1 aromatic rings. The molecule has 0 saturated carbocycles. The minimum Gasteiger partial charge on any atom is -0.480 e. The molecule has 2 heterocycles. The Bertz CT molecular complexity index is 334. The third-order valence-electron chi connectivity index (χ3n) is 2.32. The summed E-state index contributed by atoms with van der Waals surface area (Å²) >= 11 is 0. The zero-order chi connectivity index (χ0) is 9.42. The van der Waals surface area contributed by atoms with Gasteiger partial charge in [0.25, 0.3) is 0 Å². The van der Waals surface area contributed by atoms with Crippen molar-refractivity contribution >= 4 is 5.97 Å². The zero-order valence-corrected chi connectivity index (χ0v) is 7.24. The summed E-state index contributed by atoms with van der Waals surface area (Å²) in [5.41, 5.74) is 1.86. The van der Waals surface area contributed by atoms with Crippen LogP contribution in [0.3, 0.4) is 0 Å². The summed E-state index contributed by atoms with van der Waals surface area (Å²) in [4.78, 5) is 17.8. The van der Waals surface area contributed by atoms with Crippen molar-refractivity contribution in [2.24, 2.45) is 0 Å². The van der Waals surface area contributed by atoms with Gasteiger partial charge < -0.3 is 10.1 Å². The molecule has 70 valence electrons. The summed E-state index contributed by atoms with van der Waals surface area (Å²) in [6, 6.07) is -0.487. The third-order valence-corrected chi connectivity index (χ3v) is 2.32. The van der Waals surface area contributed by atoms with Crippen LogP contribution in [-0.2, 0) is 11.2 Å². The van der Waals surface area contributed by atoms with Crippen molar-refractivity contribution in [3.8, 4) is 0 Å². The molecule has 0 aliphatic carbocycles. The van der Waals surface area contributed by atoms with E-state index in [0.717, 1.165) is 11.4 Å². The number of hydrogen-bond acceptors (Lipinski definition) is 3. The predicted molar refractivity (Wildman–Crippen MR) is 45.3 cm³/mol.